The number of aromatic nitrogens is 4. The predicted octanol–water partition coefficient (Wildman–Crippen LogP) is 1.72. The first-order chi connectivity index (χ1) is 9.11. The van der Waals surface area contributed by atoms with Gasteiger partial charge in [0.15, 0.2) is 5.82 Å². The topological polar surface area (TPSA) is 83.6 Å². The number of pyridine rings is 1. The van der Waals surface area contributed by atoms with Crippen LogP contribution in [0.4, 0.5) is 0 Å². The molecule has 7 heteroatoms. The van der Waals surface area contributed by atoms with Crippen LogP contribution in [0.25, 0.3) is 0 Å². The number of amides is 1. The lowest BCUT2D eigenvalue weighted by atomic mass is 10.2. The van der Waals surface area contributed by atoms with Gasteiger partial charge in [-0.05, 0) is 32.2 Å². The zero-order valence-corrected chi connectivity index (χ0v) is 11.8. The van der Waals surface area contributed by atoms with Crippen LogP contribution in [0.3, 0.4) is 0 Å². The van der Waals surface area contributed by atoms with Crippen molar-refractivity contribution in [1.29, 1.82) is 0 Å². The zero-order valence-electron chi connectivity index (χ0n) is 11.0. The first-order valence-electron chi connectivity index (χ1n) is 5.80. The molecule has 19 heavy (non-hydrogen) atoms. The summed E-state index contributed by atoms with van der Waals surface area (Å²) in [5.41, 5.74) is 0.564. The second-order valence-electron chi connectivity index (χ2n) is 4.03. The Morgan fingerprint density at radius 1 is 1.53 bits per heavy atom. The molecular weight excluding hydrogens is 262 g/mol. The van der Waals surface area contributed by atoms with Crippen LogP contribution >= 0.6 is 11.8 Å². The summed E-state index contributed by atoms with van der Waals surface area (Å²) in [7, 11) is 0. The maximum Gasteiger partial charge on any atom is 0.254 e. The lowest BCUT2D eigenvalue weighted by Crippen LogP contribution is -2.28. The Morgan fingerprint density at radius 3 is 2.95 bits per heavy atom. The number of aryl methyl sites for hydroxylation is 1. The summed E-state index contributed by atoms with van der Waals surface area (Å²) in [4.78, 5) is 20.5. The number of H-pyrrole nitrogens is 1. The van der Waals surface area contributed by atoms with Gasteiger partial charge >= 0.3 is 0 Å². The van der Waals surface area contributed by atoms with Gasteiger partial charge in [0.1, 0.15) is 10.9 Å². The molecule has 1 atom stereocenters. The molecule has 2 N–H and O–H groups in total. The van der Waals surface area contributed by atoms with Crippen LogP contribution in [0.15, 0.2) is 23.4 Å². The molecule has 2 rings (SSSR count). The monoisotopic (exact) mass is 277 g/mol. The highest BCUT2D eigenvalue weighted by Crippen LogP contribution is 2.17. The second kappa shape index (κ2) is 5.83. The summed E-state index contributed by atoms with van der Waals surface area (Å²) < 4.78 is 0. The lowest BCUT2D eigenvalue weighted by Gasteiger charge is -2.11. The highest BCUT2D eigenvalue weighted by atomic mass is 32.2. The van der Waals surface area contributed by atoms with Gasteiger partial charge in [-0.25, -0.2) is 9.97 Å². The molecule has 100 valence electrons. The Bertz CT molecular complexity index is 583. The van der Waals surface area contributed by atoms with Gasteiger partial charge in [-0.2, -0.15) is 5.10 Å². The van der Waals surface area contributed by atoms with E-state index in [1.165, 1.54) is 11.8 Å². The molecular formula is C12H15N5OS. The van der Waals surface area contributed by atoms with Crippen molar-refractivity contribution in [2.75, 3.05) is 6.26 Å². The van der Waals surface area contributed by atoms with E-state index in [0.29, 0.717) is 16.4 Å². The number of rotatable bonds is 4. The standard InChI is InChI=1S/C12H15N5OS/c1-7(10-15-8(2)16-17-10)14-11(18)9-5-4-6-13-12(9)19-3/h4-7H,1-3H3,(H,14,18)(H,15,16,17). The molecule has 0 bridgehead atoms. The number of aromatic amines is 1. The molecule has 0 spiro atoms. The van der Waals surface area contributed by atoms with E-state index >= 15 is 0 Å². The van der Waals surface area contributed by atoms with E-state index in [1.807, 2.05) is 20.1 Å². The van der Waals surface area contributed by atoms with E-state index in [1.54, 1.807) is 18.3 Å². The maximum absolute atomic E-state index is 12.2. The van der Waals surface area contributed by atoms with Crippen LogP contribution < -0.4 is 5.32 Å². The Hall–Kier alpha value is -1.89. The summed E-state index contributed by atoms with van der Waals surface area (Å²) in [6.45, 7) is 3.66. The molecule has 0 aliphatic carbocycles. The largest absolute Gasteiger partial charge is 0.342 e. The van der Waals surface area contributed by atoms with Crippen molar-refractivity contribution >= 4 is 17.7 Å². The second-order valence-corrected chi connectivity index (χ2v) is 4.83. The molecule has 0 radical (unpaired) electrons. The molecule has 6 nitrogen and oxygen atoms in total. The molecule has 2 aromatic rings. The number of nitrogens with one attached hydrogen (secondary N) is 2. The number of hydrogen-bond donors (Lipinski definition) is 2. The predicted molar refractivity (Wildman–Crippen MR) is 73.0 cm³/mol. The van der Waals surface area contributed by atoms with Gasteiger partial charge in [-0.15, -0.1) is 11.8 Å². The quantitative estimate of drug-likeness (QED) is 0.831. The number of carbonyl (C=O) groups excluding carboxylic acids is 1. The fraction of sp³-hybridized carbons (Fsp3) is 0.333. The van der Waals surface area contributed by atoms with Crippen molar-refractivity contribution in [3.8, 4) is 0 Å². The normalized spacial score (nSPS) is 12.2. The van der Waals surface area contributed by atoms with E-state index in [-0.39, 0.29) is 11.9 Å². The molecule has 0 fully saturated rings. The molecule has 0 aliphatic heterocycles. The average Bonchev–Trinajstić information content (AvgIpc) is 2.85. The molecule has 2 aromatic heterocycles. The van der Waals surface area contributed by atoms with Gasteiger partial charge in [0, 0.05) is 6.20 Å². The van der Waals surface area contributed by atoms with Crippen LogP contribution in [0.1, 0.15) is 35.0 Å². The summed E-state index contributed by atoms with van der Waals surface area (Å²) in [6.07, 6.45) is 3.56. The molecule has 0 saturated heterocycles. The van der Waals surface area contributed by atoms with Crippen molar-refractivity contribution in [3.05, 3.63) is 35.5 Å². The van der Waals surface area contributed by atoms with Gasteiger partial charge < -0.3 is 5.32 Å². The van der Waals surface area contributed by atoms with Crippen LogP contribution in [0, 0.1) is 6.92 Å². The summed E-state index contributed by atoms with van der Waals surface area (Å²) in [5.74, 6) is 1.12. The smallest absolute Gasteiger partial charge is 0.254 e. The molecule has 2 heterocycles. The van der Waals surface area contributed by atoms with E-state index in [2.05, 4.69) is 25.5 Å². The van der Waals surface area contributed by atoms with Crippen molar-refractivity contribution < 1.29 is 4.79 Å². The van der Waals surface area contributed by atoms with Gasteiger partial charge in [0.25, 0.3) is 5.91 Å². The van der Waals surface area contributed by atoms with E-state index in [9.17, 15) is 4.79 Å². The van der Waals surface area contributed by atoms with E-state index in [4.69, 9.17) is 0 Å². The number of thioether (sulfide) groups is 1. The molecule has 0 aliphatic rings. The fourth-order valence-electron chi connectivity index (χ4n) is 1.62. The van der Waals surface area contributed by atoms with Gasteiger partial charge in [-0.3, -0.25) is 9.89 Å². The number of hydrogen-bond acceptors (Lipinski definition) is 5. The molecule has 1 unspecified atom stereocenters. The third kappa shape index (κ3) is 3.11. The Balaban J connectivity index is 2.12. The lowest BCUT2D eigenvalue weighted by molar-refractivity contribution is 0.0934. The molecule has 1 amide bonds. The zero-order chi connectivity index (χ0) is 13.8. The van der Waals surface area contributed by atoms with Crippen LogP contribution in [-0.2, 0) is 0 Å². The Kier molecular flexibility index (Phi) is 4.16. The van der Waals surface area contributed by atoms with Crippen LogP contribution in [0.5, 0.6) is 0 Å². The van der Waals surface area contributed by atoms with Crippen LogP contribution in [0.2, 0.25) is 0 Å². The van der Waals surface area contributed by atoms with Crippen molar-refractivity contribution in [2.45, 2.75) is 24.9 Å². The molecule has 0 saturated carbocycles. The molecule has 0 aromatic carbocycles. The minimum atomic E-state index is -0.257. The highest BCUT2D eigenvalue weighted by molar-refractivity contribution is 7.98. The van der Waals surface area contributed by atoms with Gasteiger partial charge in [0.2, 0.25) is 0 Å². The average molecular weight is 277 g/mol. The maximum atomic E-state index is 12.2. The third-order valence-electron chi connectivity index (χ3n) is 2.56. The minimum Gasteiger partial charge on any atom is -0.342 e. The summed E-state index contributed by atoms with van der Waals surface area (Å²) >= 11 is 1.44. The third-order valence-corrected chi connectivity index (χ3v) is 3.27. The van der Waals surface area contributed by atoms with Crippen molar-refractivity contribution in [1.82, 2.24) is 25.5 Å². The minimum absolute atomic E-state index is 0.174. The SMILES string of the molecule is CSc1ncccc1C(=O)NC(C)c1n[nH]c(C)n1. The number of carbonyl (C=O) groups is 1. The van der Waals surface area contributed by atoms with Gasteiger partial charge in [0.05, 0.1) is 11.6 Å². The van der Waals surface area contributed by atoms with Crippen molar-refractivity contribution in [2.24, 2.45) is 0 Å². The Labute approximate surface area is 115 Å². The summed E-state index contributed by atoms with van der Waals surface area (Å²) in [6, 6.07) is 3.24. The van der Waals surface area contributed by atoms with Gasteiger partial charge in [-0.1, -0.05) is 0 Å². The highest BCUT2D eigenvalue weighted by Gasteiger charge is 2.17. The van der Waals surface area contributed by atoms with Crippen molar-refractivity contribution in [3.63, 3.8) is 0 Å². The first kappa shape index (κ1) is 13.5. The fourth-order valence-corrected chi connectivity index (χ4v) is 2.17. The first-order valence-corrected chi connectivity index (χ1v) is 7.03. The number of nitrogens with zero attached hydrogens (tertiary/aromatic N) is 3. The van der Waals surface area contributed by atoms with E-state index in [0.717, 1.165) is 5.82 Å². The summed E-state index contributed by atoms with van der Waals surface area (Å²) in [5, 5.41) is 10.4. The Morgan fingerprint density at radius 2 is 2.32 bits per heavy atom. The van der Waals surface area contributed by atoms with Crippen LogP contribution in [-0.4, -0.2) is 32.3 Å². The van der Waals surface area contributed by atoms with E-state index < -0.39 is 0 Å².